The van der Waals surface area contributed by atoms with Crippen LogP contribution in [0.3, 0.4) is 0 Å². The molecule has 1 heterocycles. The number of amides is 2. The summed E-state index contributed by atoms with van der Waals surface area (Å²) in [5.74, 6) is 1.07. The number of benzene rings is 2. The molecular formula is C23H24N2O3S2. The lowest BCUT2D eigenvalue weighted by Gasteiger charge is -2.23. The number of nitrogens with one attached hydrogen (secondary N) is 1. The molecule has 0 aliphatic heterocycles. The quantitative estimate of drug-likeness (QED) is 0.474. The van der Waals surface area contributed by atoms with E-state index in [2.05, 4.69) is 5.32 Å². The predicted octanol–water partition coefficient (Wildman–Crippen LogP) is 5.04. The minimum absolute atomic E-state index is 0.0604. The summed E-state index contributed by atoms with van der Waals surface area (Å²) in [5.41, 5.74) is 1.73. The van der Waals surface area contributed by atoms with E-state index in [1.807, 2.05) is 70.9 Å². The molecule has 5 nitrogen and oxygen atoms in total. The Kier molecular flexibility index (Phi) is 7.93. The standard InChI is InChI=1S/C23H24N2O3S2/c1-17(26)24-19-9-11-20(12-10-19)30-16-23(27)25(15-21-7-5-13-29-21)14-18-6-3-4-8-22(18)28-2/h3-13H,14-16H2,1-2H3,(H,24,26). The number of hydrogen-bond acceptors (Lipinski definition) is 5. The van der Waals surface area contributed by atoms with Crippen molar-refractivity contribution in [2.24, 2.45) is 0 Å². The number of para-hydroxylation sites is 1. The van der Waals surface area contributed by atoms with E-state index >= 15 is 0 Å². The van der Waals surface area contributed by atoms with E-state index in [9.17, 15) is 9.59 Å². The summed E-state index contributed by atoms with van der Waals surface area (Å²) in [5, 5.41) is 4.76. The summed E-state index contributed by atoms with van der Waals surface area (Å²) in [6, 6.07) is 19.3. The maximum absolute atomic E-state index is 13.1. The number of carbonyl (C=O) groups is 2. The number of anilines is 1. The number of carbonyl (C=O) groups excluding carboxylic acids is 2. The van der Waals surface area contributed by atoms with Gasteiger partial charge < -0.3 is 15.0 Å². The topological polar surface area (TPSA) is 58.6 Å². The molecule has 3 aromatic rings. The monoisotopic (exact) mass is 440 g/mol. The highest BCUT2D eigenvalue weighted by Crippen LogP contribution is 2.24. The smallest absolute Gasteiger partial charge is 0.233 e. The molecule has 0 fully saturated rings. The van der Waals surface area contributed by atoms with Crippen molar-refractivity contribution in [2.75, 3.05) is 18.2 Å². The Morgan fingerprint density at radius 1 is 1.03 bits per heavy atom. The summed E-state index contributed by atoms with van der Waals surface area (Å²) in [6.45, 7) is 2.53. The minimum atomic E-state index is -0.105. The zero-order valence-electron chi connectivity index (χ0n) is 17.0. The van der Waals surface area contributed by atoms with Gasteiger partial charge in [-0.1, -0.05) is 24.3 Å². The van der Waals surface area contributed by atoms with E-state index in [0.29, 0.717) is 18.8 Å². The van der Waals surface area contributed by atoms with Crippen LogP contribution in [0, 0.1) is 0 Å². The number of thioether (sulfide) groups is 1. The zero-order valence-corrected chi connectivity index (χ0v) is 18.6. The third-order valence-electron chi connectivity index (χ3n) is 4.37. The molecule has 1 N–H and O–H groups in total. The Balaban J connectivity index is 1.67. The predicted molar refractivity (Wildman–Crippen MR) is 123 cm³/mol. The number of nitrogens with zero attached hydrogens (tertiary/aromatic N) is 1. The lowest BCUT2D eigenvalue weighted by molar-refractivity contribution is -0.129. The van der Waals surface area contributed by atoms with Crippen molar-refractivity contribution in [1.29, 1.82) is 0 Å². The molecule has 0 saturated heterocycles. The van der Waals surface area contributed by atoms with Crippen molar-refractivity contribution in [2.45, 2.75) is 24.9 Å². The number of ether oxygens (including phenoxy) is 1. The first-order valence-electron chi connectivity index (χ1n) is 9.47. The molecule has 0 atom stereocenters. The third kappa shape index (κ3) is 6.37. The second-order valence-electron chi connectivity index (χ2n) is 6.64. The van der Waals surface area contributed by atoms with Crippen molar-refractivity contribution < 1.29 is 14.3 Å². The van der Waals surface area contributed by atoms with Crippen LogP contribution >= 0.6 is 23.1 Å². The molecule has 30 heavy (non-hydrogen) atoms. The Labute approximate surface area is 185 Å². The molecule has 0 spiro atoms. The fourth-order valence-corrected chi connectivity index (χ4v) is 4.46. The summed E-state index contributed by atoms with van der Waals surface area (Å²) in [6.07, 6.45) is 0. The SMILES string of the molecule is COc1ccccc1CN(Cc1cccs1)C(=O)CSc1ccc(NC(C)=O)cc1. The molecule has 2 aromatic carbocycles. The van der Waals surface area contributed by atoms with E-state index in [0.717, 1.165) is 26.8 Å². The number of rotatable bonds is 9. The molecule has 0 aliphatic rings. The fraction of sp³-hybridized carbons (Fsp3) is 0.217. The van der Waals surface area contributed by atoms with Crippen LogP contribution in [-0.2, 0) is 22.7 Å². The lowest BCUT2D eigenvalue weighted by atomic mass is 10.2. The van der Waals surface area contributed by atoms with Gasteiger partial charge in [0.25, 0.3) is 0 Å². The van der Waals surface area contributed by atoms with Crippen molar-refractivity contribution in [1.82, 2.24) is 4.90 Å². The second-order valence-corrected chi connectivity index (χ2v) is 8.72. The number of thiophene rings is 1. The van der Waals surface area contributed by atoms with Gasteiger partial charge >= 0.3 is 0 Å². The summed E-state index contributed by atoms with van der Waals surface area (Å²) in [4.78, 5) is 28.2. The van der Waals surface area contributed by atoms with E-state index in [1.165, 1.54) is 18.7 Å². The second kappa shape index (κ2) is 10.8. The van der Waals surface area contributed by atoms with Crippen LogP contribution in [-0.4, -0.2) is 29.6 Å². The Bertz CT molecular complexity index is 972. The first-order chi connectivity index (χ1) is 14.5. The van der Waals surface area contributed by atoms with Crippen LogP contribution in [0.25, 0.3) is 0 Å². The van der Waals surface area contributed by atoms with Gasteiger partial charge in [-0.3, -0.25) is 9.59 Å². The molecule has 0 aliphatic carbocycles. The largest absolute Gasteiger partial charge is 0.496 e. The van der Waals surface area contributed by atoms with Gasteiger partial charge in [0.1, 0.15) is 5.75 Å². The van der Waals surface area contributed by atoms with Crippen molar-refractivity contribution in [3.63, 3.8) is 0 Å². The molecular weight excluding hydrogens is 416 g/mol. The van der Waals surface area contributed by atoms with Crippen molar-refractivity contribution in [3.8, 4) is 5.75 Å². The summed E-state index contributed by atoms with van der Waals surface area (Å²) >= 11 is 3.13. The molecule has 7 heteroatoms. The molecule has 0 bridgehead atoms. The molecule has 0 radical (unpaired) electrons. The maximum Gasteiger partial charge on any atom is 0.233 e. The van der Waals surface area contributed by atoms with Gasteiger partial charge in [0, 0.05) is 34.5 Å². The Morgan fingerprint density at radius 2 is 1.80 bits per heavy atom. The van der Waals surface area contributed by atoms with Gasteiger partial charge in [0.15, 0.2) is 0 Å². The Hall–Kier alpha value is -2.77. The van der Waals surface area contributed by atoms with E-state index in [1.54, 1.807) is 18.4 Å². The van der Waals surface area contributed by atoms with Gasteiger partial charge in [-0.05, 0) is 41.8 Å². The summed E-state index contributed by atoms with van der Waals surface area (Å²) in [7, 11) is 1.64. The first-order valence-corrected chi connectivity index (χ1v) is 11.3. The van der Waals surface area contributed by atoms with E-state index in [-0.39, 0.29) is 11.8 Å². The number of hydrogen-bond donors (Lipinski definition) is 1. The lowest BCUT2D eigenvalue weighted by Crippen LogP contribution is -2.31. The molecule has 0 saturated carbocycles. The molecule has 1 aromatic heterocycles. The minimum Gasteiger partial charge on any atom is -0.496 e. The fourth-order valence-electron chi connectivity index (χ4n) is 2.94. The highest BCUT2D eigenvalue weighted by Gasteiger charge is 2.17. The van der Waals surface area contributed by atoms with E-state index < -0.39 is 0 Å². The van der Waals surface area contributed by atoms with E-state index in [4.69, 9.17) is 4.74 Å². The normalized spacial score (nSPS) is 10.5. The van der Waals surface area contributed by atoms with Crippen LogP contribution in [0.15, 0.2) is 70.9 Å². The molecule has 3 rings (SSSR count). The Morgan fingerprint density at radius 3 is 2.47 bits per heavy atom. The molecule has 156 valence electrons. The van der Waals surface area contributed by atoms with Crippen LogP contribution in [0.2, 0.25) is 0 Å². The highest BCUT2D eigenvalue weighted by atomic mass is 32.2. The van der Waals surface area contributed by atoms with Gasteiger partial charge in [0.2, 0.25) is 11.8 Å². The average Bonchev–Trinajstić information content (AvgIpc) is 3.25. The molecule has 2 amide bonds. The van der Waals surface area contributed by atoms with Gasteiger partial charge in [0.05, 0.1) is 19.4 Å². The molecule has 0 unspecified atom stereocenters. The van der Waals surface area contributed by atoms with Gasteiger partial charge in [-0.2, -0.15) is 0 Å². The third-order valence-corrected chi connectivity index (χ3v) is 6.23. The van der Waals surface area contributed by atoms with Crippen LogP contribution < -0.4 is 10.1 Å². The highest BCUT2D eigenvalue weighted by molar-refractivity contribution is 8.00. The van der Waals surface area contributed by atoms with Crippen LogP contribution in [0.5, 0.6) is 5.75 Å². The first kappa shape index (κ1) is 21.9. The van der Waals surface area contributed by atoms with Crippen molar-refractivity contribution in [3.05, 3.63) is 76.5 Å². The van der Waals surface area contributed by atoms with Gasteiger partial charge in [-0.25, -0.2) is 0 Å². The zero-order chi connectivity index (χ0) is 21.3. The van der Waals surface area contributed by atoms with Crippen LogP contribution in [0.1, 0.15) is 17.4 Å². The average molecular weight is 441 g/mol. The van der Waals surface area contributed by atoms with Gasteiger partial charge in [-0.15, -0.1) is 23.1 Å². The summed E-state index contributed by atoms with van der Waals surface area (Å²) < 4.78 is 5.46. The van der Waals surface area contributed by atoms with Crippen LogP contribution in [0.4, 0.5) is 5.69 Å². The number of methoxy groups -OCH3 is 1. The van der Waals surface area contributed by atoms with Crippen molar-refractivity contribution >= 4 is 40.6 Å². The maximum atomic E-state index is 13.1.